The fraction of sp³-hybridized carbons (Fsp3) is 0.391. The second kappa shape index (κ2) is 10.4. The van der Waals surface area contributed by atoms with Gasteiger partial charge in [0.15, 0.2) is 0 Å². The molecule has 3 rings (SSSR count). The van der Waals surface area contributed by atoms with Gasteiger partial charge in [-0.2, -0.15) is 0 Å². The zero-order valence-corrected chi connectivity index (χ0v) is 17.6. The fourth-order valence-corrected chi connectivity index (χ4v) is 3.62. The summed E-state index contributed by atoms with van der Waals surface area (Å²) in [5.74, 6) is 0.185. The minimum atomic E-state index is 0.0265. The van der Waals surface area contributed by atoms with Crippen LogP contribution >= 0.6 is 11.6 Å². The molecule has 0 radical (unpaired) electrons. The van der Waals surface area contributed by atoms with E-state index in [1.165, 1.54) is 0 Å². The summed E-state index contributed by atoms with van der Waals surface area (Å²) in [6, 6.07) is 15.7. The lowest BCUT2D eigenvalue weighted by atomic mass is 10.1. The van der Waals surface area contributed by atoms with Crippen LogP contribution in [0.15, 0.2) is 48.5 Å². The van der Waals surface area contributed by atoms with Gasteiger partial charge in [-0.1, -0.05) is 48.0 Å². The summed E-state index contributed by atoms with van der Waals surface area (Å²) in [4.78, 5) is 28.8. The number of nitrogens with one attached hydrogen (secondary N) is 1. The Morgan fingerprint density at radius 3 is 2.38 bits per heavy atom. The second-order valence-corrected chi connectivity index (χ2v) is 7.92. The Morgan fingerprint density at radius 2 is 1.69 bits per heavy atom. The fourth-order valence-electron chi connectivity index (χ4n) is 3.49. The number of carbonyl (C=O) groups excluding carboxylic acids is 2. The lowest BCUT2D eigenvalue weighted by molar-refractivity contribution is -0.132. The van der Waals surface area contributed by atoms with Gasteiger partial charge < -0.3 is 10.2 Å². The summed E-state index contributed by atoms with van der Waals surface area (Å²) in [5, 5.41) is 3.69. The van der Waals surface area contributed by atoms with Crippen LogP contribution in [-0.2, 0) is 22.4 Å². The Labute approximate surface area is 177 Å². The lowest BCUT2D eigenvalue weighted by Gasteiger charge is -2.34. The molecule has 154 valence electrons. The highest BCUT2D eigenvalue weighted by Crippen LogP contribution is 2.11. The Hall–Kier alpha value is -2.37. The molecule has 0 aromatic heterocycles. The summed E-state index contributed by atoms with van der Waals surface area (Å²) >= 11 is 5.88. The number of hydrogen-bond donors (Lipinski definition) is 1. The third kappa shape index (κ3) is 6.58. The van der Waals surface area contributed by atoms with Gasteiger partial charge in [0, 0.05) is 37.7 Å². The van der Waals surface area contributed by atoms with Crippen LogP contribution in [0, 0.1) is 6.92 Å². The first-order valence-corrected chi connectivity index (χ1v) is 10.4. The molecule has 2 aromatic carbocycles. The molecule has 0 spiro atoms. The van der Waals surface area contributed by atoms with E-state index >= 15 is 0 Å². The van der Waals surface area contributed by atoms with Gasteiger partial charge in [0.1, 0.15) is 0 Å². The number of nitrogens with zero attached hydrogens (tertiary/aromatic N) is 2. The van der Waals surface area contributed by atoms with Crippen LogP contribution in [0.1, 0.15) is 16.7 Å². The highest BCUT2D eigenvalue weighted by Gasteiger charge is 2.22. The Balaban J connectivity index is 1.35. The van der Waals surface area contributed by atoms with E-state index in [1.807, 2.05) is 60.4 Å². The van der Waals surface area contributed by atoms with Crippen LogP contribution in [0.25, 0.3) is 0 Å². The molecule has 1 aliphatic rings. The minimum absolute atomic E-state index is 0.0265. The van der Waals surface area contributed by atoms with Gasteiger partial charge in [0.25, 0.3) is 0 Å². The predicted octanol–water partition coefficient (Wildman–Crippen LogP) is 2.69. The van der Waals surface area contributed by atoms with Crippen molar-refractivity contribution >= 4 is 23.4 Å². The number of benzene rings is 2. The molecule has 0 bridgehead atoms. The standard InChI is InChI=1S/C23H28ClN3O2/c1-18-4-2-3-5-20(18)16-23(29)27-14-12-26(13-15-27)17-22(28)25-11-10-19-6-8-21(24)9-7-19/h2-9H,10-17H2,1H3,(H,25,28). The summed E-state index contributed by atoms with van der Waals surface area (Å²) in [7, 11) is 0. The van der Waals surface area contributed by atoms with Crippen molar-refractivity contribution in [2.24, 2.45) is 0 Å². The molecule has 1 heterocycles. The number of aryl methyl sites for hydroxylation is 1. The van der Waals surface area contributed by atoms with Crippen LogP contribution < -0.4 is 5.32 Å². The summed E-state index contributed by atoms with van der Waals surface area (Å²) in [5.41, 5.74) is 3.38. The van der Waals surface area contributed by atoms with E-state index in [2.05, 4.69) is 10.2 Å². The third-order valence-electron chi connectivity index (χ3n) is 5.34. The van der Waals surface area contributed by atoms with Gasteiger partial charge in [0.05, 0.1) is 13.0 Å². The number of halogens is 1. The van der Waals surface area contributed by atoms with E-state index in [4.69, 9.17) is 11.6 Å². The van der Waals surface area contributed by atoms with Crippen molar-refractivity contribution in [3.63, 3.8) is 0 Å². The second-order valence-electron chi connectivity index (χ2n) is 7.49. The molecule has 1 N–H and O–H groups in total. The monoisotopic (exact) mass is 413 g/mol. The quantitative estimate of drug-likeness (QED) is 0.759. The molecule has 0 saturated carbocycles. The van der Waals surface area contributed by atoms with Crippen LogP contribution in [0.3, 0.4) is 0 Å². The van der Waals surface area contributed by atoms with Gasteiger partial charge in [-0.15, -0.1) is 0 Å². The molecule has 1 saturated heterocycles. The van der Waals surface area contributed by atoms with Crippen molar-refractivity contribution < 1.29 is 9.59 Å². The molecule has 0 atom stereocenters. The van der Waals surface area contributed by atoms with Crippen molar-refractivity contribution in [2.75, 3.05) is 39.3 Å². The first-order valence-electron chi connectivity index (χ1n) is 10.1. The maximum atomic E-state index is 12.6. The average Bonchev–Trinajstić information content (AvgIpc) is 2.72. The zero-order chi connectivity index (χ0) is 20.6. The number of carbonyl (C=O) groups is 2. The molecule has 5 nitrogen and oxygen atoms in total. The van der Waals surface area contributed by atoms with E-state index in [1.54, 1.807) is 0 Å². The first-order chi connectivity index (χ1) is 14.0. The van der Waals surface area contributed by atoms with E-state index in [9.17, 15) is 9.59 Å². The highest BCUT2D eigenvalue weighted by molar-refractivity contribution is 6.30. The smallest absolute Gasteiger partial charge is 0.234 e. The molecule has 29 heavy (non-hydrogen) atoms. The Bertz CT molecular complexity index is 830. The third-order valence-corrected chi connectivity index (χ3v) is 5.60. The summed E-state index contributed by atoms with van der Waals surface area (Å²) in [6.07, 6.45) is 1.22. The number of piperazine rings is 1. The maximum Gasteiger partial charge on any atom is 0.234 e. The number of amides is 2. The maximum absolute atomic E-state index is 12.6. The SMILES string of the molecule is Cc1ccccc1CC(=O)N1CCN(CC(=O)NCCc2ccc(Cl)cc2)CC1. The van der Waals surface area contributed by atoms with Crippen molar-refractivity contribution in [3.05, 3.63) is 70.2 Å². The van der Waals surface area contributed by atoms with Crippen LogP contribution in [0.2, 0.25) is 5.02 Å². The minimum Gasteiger partial charge on any atom is -0.355 e. The van der Waals surface area contributed by atoms with Gasteiger partial charge >= 0.3 is 0 Å². The molecular weight excluding hydrogens is 386 g/mol. The van der Waals surface area contributed by atoms with Crippen LogP contribution in [-0.4, -0.2) is 60.9 Å². The molecule has 2 amide bonds. The largest absolute Gasteiger partial charge is 0.355 e. The lowest BCUT2D eigenvalue weighted by Crippen LogP contribution is -2.51. The van der Waals surface area contributed by atoms with Gasteiger partial charge in [-0.25, -0.2) is 0 Å². The molecular formula is C23H28ClN3O2. The molecule has 6 heteroatoms. The van der Waals surface area contributed by atoms with Crippen molar-refractivity contribution in [1.29, 1.82) is 0 Å². The molecule has 1 aliphatic heterocycles. The zero-order valence-electron chi connectivity index (χ0n) is 16.9. The number of hydrogen-bond acceptors (Lipinski definition) is 3. The Morgan fingerprint density at radius 1 is 1.00 bits per heavy atom. The van der Waals surface area contributed by atoms with Gasteiger partial charge in [0.2, 0.25) is 11.8 Å². The van der Waals surface area contributed by atoms with E-state index < -0.39 is 0 Å². The van der Waals surface area contributed by atoms with E-state index in [0.717, 1.165) is 36.2 Å². The van der Waals surface area contributed by atoms with Crippen LogP contribution in [0.5, 0.6) is 0 Å². The van der Waals surface area contributed by atoms with E-state index in [0.29, 0.717) is 37.6 Å². The molecule has 0 aliphatic carbocycles. The predicted molar refractivity (Wildman–Crippen MR) is 116 cm³/mol. The van der Waals surface area contributed by atoms with Crippen molar-refractivity contribution in [3.8, 4) is 0 Å². The Kier molecular flexibility index (Phi) is 7.67. The van der Waals surface area contributed by atoms with Crippen molar-refractivity contribution in [2.45, 2.75) is 19.8 Å². The molecule has 0 unspecified atom stereocenters. The topological polar surface area (TPSA) is 52.7 Å². The summed E-state index contributed by atoms with van der Waals surface area (Å²) < 4.78 is 0. The average molecular weight is 414 g/mol. The molecule has 1 fully saturated rings. The normalized spacial score (nSPS) is 14.6. The highest BCUT2D eigenvalue weighted by atomic mass is 35.5. The molecule has 2 aromatic rings. The number of rotatable bonds is 7. The van der Waals surface area contributed by atoms with Crippen molar-refractivity contribution in [1.82, 2.24) is 15.1 Å². The summed E-state index contributed by atoms with van der Waals surface area (Å²) in [6.45, 7) is 5.81. The van der Waals surface area contributed by atoms with Gasteiger partial charge in [-0.3, -0.25) is 14.5 Å². The first kappa shape index (κ1) is 21.3. The van der Waals surface area contributed by atoms with Crippen LogP contribution in [0.4, 0.5) is 0 Å². The van der Waals surface area contributed by atoms with Gasteiger partial charge in [-0.05, 0) is 42.2 Å². The van der Waals surface area contributed by atoms with E-state index in [-0.39, 0.29) is 11.8 Å².